The maximum absolute atomic E-state index is 5.25. The summed E-state index contributed by atoms with van der Waals surface area (Å²) in [6, 6.07) is 10.2. The normalized spacial score (nSPS) is 10.4. The number of thiocarbonyl (C=S) groups is 1. The van der Waals surface area contributed by atoms with E-state index >= 15 is 0 Å². The van der Waals surface area contributed by atoms with Crippen LogP contribution in [-0.4, -0.2) is 33.9 Å². The van der Waals surface area contributed by atoms with E-state index in [1.807, 2.05) is 48.8 Å². The lowest BCUT2D eigenvalue weighted by Crippen LogP contribution is -2.34. The van der Waals surface area contributed by atoms with Crippen LogP contribution in [0.25, 0.3) is 5.69 Å². The molecule has 0 amide bonds. The quantitative estimate of drug-likeness (QED) is 0.879. The number of aromatic nitrogens is 2. The maximum atomic E-state index is 5.25. The number of hydrogen-bond acceptors (Lipinski definition) is 2. The average molecular weight is 288 g/mol. The summed E-state index contributed by atoms with van der Waals surface area (Å²) in [5.74, 6) is 0. The summed E-state index contributed by atoms with van der Waals surface area (Å²) in [7, 11) is 3.82. The molecule has 0 radical (unpaired) electrons. The smallest absolute Gasteiger partial charge is 0.168 e. The van der Waals surface area contributed by atoms with E-state index in [4.69, 9.17) is 12.2 Å². The molecule has 2 aromatic rings. The first-order valence-electron chi connectivity index (χ1n) is 6.58. The summed E-state index contributed by atoms with van der Waals surface area (Å²) in [5.41, 5.74) is 4.49. The minimum absolute atomic E-state index is 0.733. The standard InChI is InChI=1S/C15H20N4S/c1-11-14(10-18(4)15(20)16-3)12(2)19(17-11)13-8-6-5-7-9-13/h5-9H,10H2,1-4H3,(H,16,20). The molecule has 0 fully saturated rings. The van der Waals surface area contributed by atoms with Crippen molar-refractivity contribution in [2.75, 3.05) is 14.1 Å². The molecule has 0 aliphatic heterocycles. The van der Waals surface area contributed by atoms with Gasteiger partial charge in [0.15, 0.2) is 5.11 Å². The molecule has 1 aromatic heterocycles. The third-order valence-corrected chi connectivity index (χ3v) is 3.91. The monoisotopic (exact) mass is 288 g/mol. The van der Waals surface area contributed by atoms with Crippen LogP contribution < -0.4 is 5.32 Å². The fraction of sp³-hybridized carbons (Fsp3) is 0.333. The summed E-state index contributed by atoms with van der Waals surface area (Å²) in [6.45, 7) is 4.89. The molecule has 0 saturated carbocycles. The first-order valence-corrected chi connectivity index (χ1v) is 6.98. The highest BCUT2D eigenvalue weighted by molar-refractivity contribution is 7.80. The maximum Gasteiger partial charge on any atom is 0.168 e. The zero-order valence-corrected chi connectivity index (χ0v) is 13.2. The van der Waals surface area contributed by atoms with Gasteiger partial charge in [-0.1, -0.05) is 18.2 Å². The lowest BCUT2D eigenvalue weighted by Gasteiger charge is -2.19. The fourth-order valence-corrected chi connectivity index (χ4v) is 2.29. The van der Waals surface area contributed by atoms with Crippen molar-refractivity contribution >= 4 is 17.3 Å². The van der Waals surface area contributed by atoms with Crippen LogP contribution in [0.3, 0.4) is 0 Å². The molecular formula is C15H20N4S. The Morgan fingerprint density at radius 1 is 1.30 bits per heavy atom. The topological polar surface area (TPSA) is 33.1 Å². The third-order valence-electron chi connectivity index (χ3n) is 3.40. The van der Waals surface area contributed by atoms with Crippen LogP contribution in [-0.2, 0) is 6.54 Å². The molecule has 1 N–H and O–H groups in total. The predicted molar refractivity (Wildman–Crippen MR) is 86.2 cm³/mol. The summed E-state index contributed by atoms with van der Waals surface area (Å²) >= 11 is 5.25. The lowest BCUT2D eigenvalue weighted by molar-refractivity contribution is 0.492. The van der Waals surface area contributed by atoms with Crippen LogP contribution in [0.5, 0.6) is 0 Å². The van der Waals surface area contributed by atoms with Crippen LogP contribution in [0, 0.1) is 13.8 Å². The zero-order valence-electron chi connectivity index (χ0n) is 12.3. The fourth-order valence-electron chi connectivity index (χ4n) is 2.22. The van der Waals surface area contributed by atoms with Gasteiger partial charge < -0.3 is 10.2 Å². The van der Waals surface area contributed by atoms with Gasteiger partial charge in [-0.2, -0.15) is 5.10 Å². The second kappa shape index (κ2) is 6.05. The van der Waals surface area contributed by atoms with Crippen molar-refractivity contribution in [2.24, 2.45) is 0 Å². The number of para-hydroxylation sites is 1. The minimum Gasteiger partial charge on any atom is -0.366 e. The van der Waals surface area contributed by atoms with Gasteiger partial charge in [-0.25, -0.2) is 4.68 Å². The zero-order chi connectivity index (χ0) is 14.7. The van der Waals surface area contributed by atoms with Crippen LogP contribution in [0.2, 0.25) is 0 Å². The van der Waals surface area contributed by atoms with Crippen molar-refractivity contribution in [2.45, 2.75) is 20.4 Å². The number of hydrogen-bond donors (Lipinski definition) is 1. The van der Waals surface area contributed by atoms with E-state index in [0.29, 0.717) is 0 Å². The van der Waals surface area contributed by atoms with Gasteiger partial charge in [-0.3, -0.25) is 0 Å². The second-order valence-corrected chi connectivity index (χ2v) is 5.19. The van der Waals surface area contributed by atoms with Crippen molar-refractivity contribution in [3.8, 4) is 5.69 Å². The van der Waals surface area contributed by atoms with Crippen molar-refractivity contribution in [1.29, 1.82) is 0 Å². The summed E-state index contributed by atoms with van der Waals surface area (Å²) in [4.78, 5) is 2.02. The van der Waals surface area contributed by atoms with Gasteiger partial charge in [0, 0.05) is 31.9 Å². The van der Waals surface area contributed by atoms with Crippen molar-refractivity contribution in [3.05, 3.63) is 47.3 Å². The van der Waals surface area contributed by atoms with E-state index in [1.165, 1.54) is 5.56 Å². The molecule has 0 atom stereocenters. The van der Waals surface area contributed by atoms with Gasteiger partial charge in [0.2, 0.25) is 0 Å². The highest BCUT2D eigenvalue weighted by Crippen LogP contribution is 2.19. The molecule has 0 unspecified atom stereocenters. The van der Waals surface area contributed by atoms with Crippen molar-refractivity contribution < 1.29 is 0 Å². The Kier molecular flexibility index (Phi) is 4.39. The van der Waals surface area contributed by atoms with E-state index in [0.717, 1.165) is 28.7 Å². The van der Waals surface area contributed by atoms with E-state index in [-0.39, 0.29) is 0 Å². The number of nitrogens with one attached hydrogen (secondary N) is 1. The summed E-state index contributed by atoms with van der Waals surface area (Å²) in [5, 5.41) is 8.37. The predicted octanol–water partition coefficient (Wildman–Crippen LogP) is 2.43. The first kappa shape index (κ1) is 14.5. The van der Waals surface area contributed by atoms with Crippen molar-refractivity contribution in [3.63, 3.8) is 0 Å². The van der Waals surface area contributed by atoms with Crippen LogP contribution in [0.15, 0.2) is 30.3 Å². The van der Waals surface area contributed by atoms with Crippen LogP contribution >= 0.6 is 12.2 Å². The Bertz CT molecular complexity index is 604. The van der Waals surface area contributed by atoms with Crippen LogP contribution in [0.4, 0.5) is 0 Å². The minimum atomic E-state index is 0.733. The molecule has 1 aromatic carbocycles. The molecule has 0 bridgehead atoms. The number of rotatable bonds is 3. The molecular weight excluding hydrogens is 268 g/mol. The summed E-state index contributed by atoms with van der Waals surface area (Å²) in [6.07, 6.45) is 0. The van der Waals surface area contributed by atoms with E-state index in [2.05, 4.69) is 29.5 Å². The van der Waals surface area contributed by atoms with E-state index < -0.39 is 0 Å². The Labute approximate surface area is 125 Å². The van der Waals surface area contributed by atoms with Gasteiger partial charge in [0.05, 0.1) is 11.4 Å². The van der Waals surface area contributed by atoms with E-state index in [1.54, 1.807) is 0 Å². The molecule has 5 heteroatoms. The molecule has 20 heavy (non-hydrogen) atoms. The molecule has 0 aliphatic rings. The second-order valence-electron chi connectivity index (χ2n) is 4.81. The number of benzene rings is 1. The number of aryl methyl sites for hydroxylation is 1. The van der Waals surface area contributed by atoms with Gasteiger partial charge >= 0.3 is 0 Å². The van der Waals surface area contributed by atoms with Gasteiger partial charge in [-0.05, 0) is 38.2 Å². The van der Waals surface area contributed by atoms with Gasteiger partial charge in [-0.15, -0.1) is 0 Å². The largest absolute Gasteiger partial charge is 0.366 e. The van der Waals surface area contributed by atoms with Gasteiger partial charge in [0.25, 0.3) is 0 Å². The number of nitrogens with zero attached hydrogens (tertiary/aromatic N) is 3. The average Bonchev–Trinajstić information content (AvgIpc) is 2.75. The molecule has 4 nitrogen and oxygen atoms in total. The van der Waals surface area contributed by atoms with Gasteiger partial charge in [0.1, 0.15) is 0 Å². The van der Waals surface area contributed by atoms with Crippen molar-refractivity contribution in [1.82, 2.24) is 20.0 Å². The van der Waals surface area contributed by atoms with E-state index in [9.17, 15) is 0 Å². The highest BCUT2D eigenvalue weighted by Gasteiger charge is 2.15. The molecule has 0 spiro atoms. The molecule has 1 heterocycles. The Morgan fingerprint density at radius 2 is 1.95 bits per heavy atom. The molecule has 0 aliphatic carbocycles. The highest BCUT2D eigenvalue weighted by atomic mass is 32.1. The molecule has 106 valence electrons. The Balaban J connectivity index is 2.33. The SMILES string of the molecule is CNC(=S)N(C)Cc1c(C)nn(-c2ccccc2)c1C. The Hall–Kier alpha value is -1.88. The molecule has 2 rings (SSSR count). The third kappa shape index (κ3) is 2.82. The Morgan fingerprint density at radius 3 is 2.55 bits per heavy atom. The lowest BCUT2D eigenvalue weighted by atomic mass is 10.2. The first-order chi connectivity index (χ1) is 9.54. The summed E-state index contributed by atoms with van der Waals surface area (Å²) < 4.78 is 1.99. The van der Waals surface area contributed by atoms with Crippen LogP contribution in [0.1, 0.15) is 17.0 Å². The molecule has 0 saturated heterocycles.